The Morgan fingerprint density at radius 1 is 0.776 bits per heavy atom. The Morgan fingerprint density at radius 3 is 1.74 bits per heavy atom. The maximum atomic E-state index is 13.2. The molecule has 0 aliphatic carbocycles. The van der Waals surface area contributed by atoms with Crippen LogP contribution < -0.4 is 16.0 Å². The number of likely N-dealkylation sites (N-methyl/N-ethyl adjacent to an activating group) is 1. The fourth-order valence-corrected chi connectivity index (χ4v) is 6.15. The van der Waals surface area contributed by atoms with E-state index in [0.717, 1.165) is 58.3 Å². The highest BCUT2D eigenvalue weighted by molar-refractivity contribution is 5.87. The number of carbonyl (C=O) groups excluding carboxylic acids is 3. The molecule has 0 aromatic heterocycles. The molecule has 1 aliphatic heterocycles. The lowest BCUT2D eigenvalue weighted by atomic mass is 10.0. The number of hydrogen-bond donors (Lipinski definition) is 6. The summed E-state index contributed by atoms with van der Waals surface area (Å²) in [5.41, 5.74) is 2.41. The largest absolute Gasteiger partial charge is 0.483 e. The number of carboxylic acids is 2. The van der Waals surface area contributed by atoms with Crippen LogP contribution in [-0.4, -0.2) is 170 Å². The van der Waals surface area contributed by atoms with Gasteiger partial charge in [0, 0.05) is 72.0 Å². The highest BCUT2D eigenvalue weighted by Gasteiger charge is 2.21. The Bertz CT molecular complexity index is 1230. The normalized spacial score (nSPS) is 15.5. The van der Waals surface area contributed by atoms with E-state index in [0.29, 0.717) is 77.7 Å². The van der Waals surface area contributed by atoms with Gasteiger partial charge in [-0.2, -0.15) is 0 Å². The fourth-order valence-electron chi connectivity index (χ4n) is 6.15. The highest BCUT2D eigenvalue weighted by Crippen LogP contribution is 2.10. The molecule has 1 aliphatic rings. The van der Waals surface area contributed by atoms with E-state index in [-0.39, 0.29) is 31.4 Å². The number of aliphatic carboxylic acids is 2. The van der Waals surface area contributed by atoms with Gasteiger partial charge in [-0.05, 0) is 70.0 Å². The predicted octanol–water partition coefficient (Wildman–Crippen LogP) is 3.03. The lowest BCUT2D eigenvalue weighted by Gasteiger charge is -2.33. The Balaban J connectivity index is 0. The van der Waals surface area contributed by atoms with E-state index in [1.807, 2.05) is 30.4 Å². The zero-order chi connectivity index (χ0) is 44.1. The zero-order valence-corrected chi connectivity index (χ0v) is 36.4. The number of hydrogen-bond acceptors (Lipinski definition) is 11. The number of aryl methyl sites for hydroxylation is 2. The minimum absolute atomic E-state index is 0.0625. The average Bonchev–Trinajstić information content (AvgIpc) is 3.20. The first-order valence-electron chi connectivity index (χ1n) is 20.9. The predicted molar refractivity (Wildman–Crippen MR) is 229 cm³/mol. The van der Waals surface area contributed by atoms with Crippen LogP contribution in [0.5, 0.6) is 0 Å². The second kappa shape index (κ2) is 37.3. The SMILES string of the molecule is C=O.CC.CCC(C)CCCNC(=O)[C@@H](CCCNCN1CCN(CC)CCN(CC(=O)O)CCN(CC(=O)O)CC1)NC(=O)CCCc1ccc(C)cc1.O=CO. The van der Waals surface area contributed by atoms with Gasteiger partial charge in [-0.1, -0.05) is 70.9 Å². The molecule has 334 valence electrons. The molecule has 1 fully saturated rings. The van der Waals surface area contributed by atoms with Gasteiger partial charge in [0.1, 0.15) is 12.8 Å². The lowest BCUT2D eigenvalue weighted by molar-refractivity contribution is -0.140. The average molecular weight is 824 g/mol. The first kappa shape index (κ1) is 56.1. The molecule has 0 spiro atoms. The van der Waals surface area contributed by atoms with Crippen molar-refractivity contribution in [3.63, 3.8) is 0 Å². The standard InChI is InChI=1S/C38H67N7O6.C2H6.CH2O2.CH2O/c1-5-31(3)10-8-19-40-38(51)34(41-35(46)13-7-11-33-16-14-32(4)15-17-33)12-9-18-39-30-45-26-21-42(6-2)20-22-43(28-36(47)48)23-24-44(25-27-45)29-37(49)50;1-2;2-1-3;1-2/h14-17,31,34,39H,5-13,18-30H2,1-4H3,(H,40,51)(H,41,46)(H,47,48)(H,49,50);1-2H3;1H,(H,2,3);1H2/t31?,34-;;;/m1.../s1. The lowest BCUT2D eigenvalue weighted by Crippen LogP contribution is -2.49. The Labute approximate surface area is 348 Å². The fraction of sp³-hybridized carbons (Fsp3) is 0.714. The van der Waals surface area contributed by atoms with E-state index in [9.17, 15) is 29.4 Å². The Kier molecular flexibility index (Phi) is 36.1. The Morgan fingerprint density at radius 2 is 1.26 bits per heavy atom. The van der Waals surface area contributed by atoms with Crippen LogP contribution in [0.2, 0.25) is 0 Å². The van der Waals surface area contributed by atoms with E-state index in [4.69, 9.17) is 14.7 Å². The monoisotopic (exact) mass is 824 g/mol. The zero-order valence-electron chi connectivity index (χ0n) is 36.4. The summed E-state index contributed by atoms with van der Waals surface area (Å²) in [5.74, 6) is -1.40. The maximum Gasteiger partial charge on any atom is 0.317 e. The molecule has 2 atom stereocenters. The Hall–Kier alpha value is -3.96. The molecular formula is C42H77N7O9. The molecule has 6 N–H and O–H groups in total. The summed E-state index contributed by atoms with van der Waals surface area (Å²) >= 11 is 0. The number of rotatable bonds is 22. The second-order valence-electron chi connectivity index (χ2n) is 14.2. The minimum atomic E-state index is -0.902. The third kappa shape index (κ3) is 30.2. The van der Waals surface area contributed by atoms with Crippen LogP contribution in [0.3, 0.4) is 0 Å². The van der Waals surface area contributed by atoms with Crippen LogP contribution in [0.4, 0.5) is 0 Å². The number of carboxylic acid groups (broad SMARTS) is 3. The summed E-state index contributed by atoms with van der Waals surface area (Å²) in [6.45, 7) is 22.0. The number of benzene rings is 1. The van der Waals surface area contributed by atoms with Gasteiger partial charge in [0.25, 0.3) is 6.47 Å². The van der Waals surface area contributed by atoms with Gasteiger partial charge in [-0.15, -0.1) is 0 Å². The van der Waals surface area contributed by atoms with Gasteiger partial charge in [0.15, 0.2) is 0 Å². The molecule has 16 heteroatoms. The van der Waals surface area contributed by atoms with Gasteiger partial charge >= 0.3 is 11.9 Å². The summed E-state index contributed by atoms with van der Waals surface area (Å²) in [6, 6.07) is 7.76. The van der Waals surface area contributed by atoms with Gasteiger partial charge in [0.05, 0.1) is 13.1 Å². The van der Waals surface area contributed by atoms with Crippen LogP contribution in [0.25, 0.3) is 0 Å². The number of amides is 2. The summed E-state index contributed by atoms with van der Waals surface area (Å²) < 4.78 is 0. The highest BCUT2D eigenvalue weighted by atomic mass is 16.4. The molecule has 2 amide bonds. The van der Waals surface area contributed by atoms with Crippen molar-refractivity contribution in [1.29, 1.82) is 0 Å². The van der Waals surface area contributed by atoms with Crippen LogP contribution in [0, 0.1) is 12.8 Å². The first-order chi connectivity index (χ1) is 27.9. The van der Waals surface area contributed by atoms with Crippen LogP contribution in [0.15, 0.2) is 24.3 Å². The van der Waals surface area contributed by atoms with E-state index in [1.165, 1.54) is 11.1 Å². The number of nitrogens with zero attached hydrogens (tertiary/aromatic N) is 4. The molecular weight excluding hydrogens is 747 g/mol. The van der Waals surface area contributed by atoms with Crippen molar-refractivity contribution in [2.45, 2.75) is 99.0 Å². The molecule has 2 rings (SSSR count). The van der Waals surface area contributed by atoms with Gasteiger partial charge < -0.3 is 41.0 Å². The van der Waals surface area contributed by atoms with Crippen LogP contribution >= 0.6 is 0 Å². The molecule has 1 unspecified atom stereocenters. The summed E-state index contributed by atoms with van der Waals surface area (Å²) in [6.07, 6.45) is 6.21. The molecule has 1 heterocycles. The van der Waals surface area contributed by atoms with Crippen molar-refractivity contribution < 1.29 is 44.1 Å². The van der Waals surface area contributed by atoms with Gasteiger partial charge in [-0.3, -0.25) is 38.7 Å². The summed E-state index contributed by atoms with van der Waals surface area (Å²) in [5, 5.41) is 35.3. The number of carbonyl (C=O) groups is 6. The van der Waals surface area contributed by atoms with E-state index in [2.05, 4.69) is 77.7 Å². The third-order valence-electron chi connectivity index (χ3n) is 9.79. The molecule has 0 saturated carbocycles. The van der Waals surface area contributed by atoms with Gasteiger partial charge in [0.2, 0.25) is 11.8 Å². The smallest absolute Gasteiger partial charge is 0.317 e. The number of nitrogens with one attached hydrogen (secondary N) is 3. The molecule has 58 heavy (non-hydrogen) atoms. The van der Waals surface area contributed by atoms with E-state index in [1.54, 1.807) is 0 Å². The summed E-state index contributed by atoms with van der Waals surface area (Å²) in [4.78, 5) is 73.9. The van der Waals surface area contributed by atoms with Crippen molar-refractivity contribution in [3.8, 4) is 0 Å². The third-order valence-corrected chi connectivity index (χ3v) is 9.79. The summed E-state index contributed by atoms with van der Waals surface area (Å²) in [7, 11) is 0. The molecule has 1 aromatic rings. The molecule has 1 saturated heterocycles. The topological polar surface area (TPSA) is 212 Å². The molecule has 0 bridgehead atoms. The van der Waals surface area contributed by atoms with Crippen LogP contribution in [0.1, 0.15) is 90.7 Å². The van der Waals surface area contributed by atoms with Crippen molar-refractivity contribution in [1.82, 2.24) is 35.6 Å². The van der Waals surface area contributed by atoms with E-state index < -0.39 is 18.0 Å². The van der Waals surface area contributed by atoms with Crippen molar-refractivity contribution in [2.24, 2.45) is 5.92 Å². The van der Waals surface area contributed by atoms with E-state index >= 15 is 0 Å². The van der Waals surface area contributed by atoms with Crippen molar-refractivity contribution in [2.75, 3.05) is 91.8 Å². The molecule has 0 radical (unpaired) electrons. The quantitative estimate of drug-likeness (QED) is 0.0734. The van der Waals surface area contributed by atoms with Crippen LogP contribution in [-0.2, 0) is 35.2 Å². The van der Waals surface area contributed by atoms with Gasteiger partial charge in [-0.25, -0.2) is 0 Å². The minimum Gasteiger partial charge on any atom is -0.483 e. The second-order valence-corrected chi connectivity index (χ2v) is 14.2. The maximum absolute atomic E-state index is 13.2. The van der Waals surface area contributed by atoms with Crippen molar-refractivity contribution in [3.05, 3.63) is 35.4 Å². The van der Waals surface area contributed by atoms with Crippen molar-refractivity contribution >= 4 is 37.0 Å². The molecule has 1 aromatic carbocycles. The first-order valence-corrected chi connectivity index (χ1v) is 20.9. The molecule has 16 nitrogen and oxygen atoms in total.